The molecule has 9 heteroatoms. The van der Waals surface area contributed by atoms with Crippen LogP contribution in [0.1, 0.15) is 16.1 Å². The van der Waals surface area contributed by atoms with Gasteiger partial charge in [0, 0.05) is 69.3 Å². The summed E-state index contributed by atoms with van der Waals surface area (Å²) in [7, 11) is 2.10. The topological polar surface area (TPSA) is 101 Å². The monoisotopic (exact) mass is 397 g/mol. The Morgan fingerprint density at radius 2 is 1.86 bits per heavy atom. The van der Waals surface area contributed by atoms with Crippen LogP contribution in [0.15, 0.2) is 24.7 Å². The Hall–Kier alpha value is -2.78. The summed E-state index contributed by atoms with van der Waals surface area (Å²) < 4.78 is 5.44. The van der Waals surface area contributed by atoms with Crippen molar-refractivity contribution in [3.63, 3.8) is 0 Å². The fourth-order valence-electron chi connectivity index (χ4n) is 3.71. The zero-order valence-corrected chi connectivity index (χ0v) is 16.8. The minimum atomic E-state index is -0.145. The number of anilines is 3. The maximum absolute atomic E-state index is 13.1. The van der Waals surface area contributed by atoms with Crippen molar-refractivity contribution in [1.29, 1.82) is 0 Å². The molecule has 2 fully saturated rings. The van der Waals surface area contributed by atoms with Crippen LogP contribution in [0, 0.1) is 0 Å². The largest absolute Gasteiger partial charge is 0.382 e. The van der Waals surface area contributed by atoms with Gasteiger partial charge in [0.05, 0.1) is 19.4 Å². The lowest BCUT2D eigenvalue weighted by Crippen LogP contribution is -2.45. The molecule has 0 spiro atoms. The Bertz CT molecular complexity index is 862. The molecule has 2 aromatic heterocycles. The van der Waals surface area contributed by atoms with Crippen LogP contribution in [0.3, 0.4) is 0 Å². The van der Waals surface area contributed by atoms with Crippen LogP contribution in [-0.2, 0) is 11.2 Å². The Kier molecular flexibility index (Phi) is 5.86. The van der Waals surface area contributed by atoms with E-state index >= 15 is 0 Å². The number of pyridine rings is 1. The molecule has 9 nitrogen and oxygen atoms in total. The molecule has 2 N–H and O–H groups in total. The van der Waals surface area contributed by atoms with Crippen molar-refractivity contribution in [2.75, 3.05) is 75.1 Å². The SMILES string of the molecule is CN1CCN(c2cnc(N)c(C(=O)Cc3cnccc3N3CCOCC3)n2)CC1. The van der Waals surface area contributed by atoms with Crippen LogP contribution in [-0.4, -0.2) is 85.2 Å². The predicted octanol–water partition coefficient (Wildman–Crippen LogP) is 0.468. The van der Waals surface area contributed by atoms with Crippen LogP contribution < -0.4 is 15.5 Å². The molecule has 2 aromatic rings. The number of nitrogens with zero attached hydrogens (tertiary/aromatic N) is 6. The van der Waals surface area contributed by atoms with Gasteiger partial charge in [0.15, 0.2) is 17.3 Å². The molecule has 2 saturated heterocycles. The maximum Gasteiger partial charge on any atom is 0.189 e. The Balaban J connectivity index is 1.54. The van der Waals surface area contributed by atoms with Crippen molar-refractivity contribution < 1.29 is 9.53 Å². The Morgan fingerprint density at radius 1 is 1.10 bits per heavy atom. The number of carbonyl (C=O) groups excluding carboxylic acids is 1. The highest BCUT2D eigenvalue weighted by molar-refractivity contribution is 6.00. The van der Waals surface area contributed by atoms with E-state index in [0.29, 0.717) is 19.0 Å². The van der Waals surface area contributed by atoms with Crippen LogP contribution in [0.2, 0.25) is 0 Å². The van der Waals surface area contributed by atoms with E-state index in [0.717, 1.165) is 50.5 Å². The third-order valence-corrected chi connectivity index (χ3v) is 5.46. The van der Waals surface area contributed by atoms with Crippen molar-refractivity contribution in [3.8, 4) is 0 Å². The van der Waals surface area contributed by atoms with E-state index in [9.17, 15) is 4.79 Å². The molecule has 0 bridgehead atoms. The number of Topliss-reactive ketones (excluding diaryl/α,β-unsaturated/α-hetero) is 1. The van der Waals surface area contributed by atoms with Crippen molar-refractivity contribution in [2.45, 2.75) is 6.42 Å². The van der Waals surface area contributed by atoms with Gasteiger partial charge >= 0.3 is 0 Å². The molecule has 0 atom stereocenters. The van der Waals surface area contributed by atoms with E-state index in [-0.39, 0.29) is 23.7 Å². The average molecular weight is 397 g/mol. The smallest absolute Gasteiger partial charge is 0.189 e. The quantitative estimate of drug-likeness (QED) is 0.721. The second-order valence-electron chi connectivity index (χ2n) is 7.46. The number of carbonyl (C=O) groups is 1. The highest BCUT2D eigenvalue weighted by atomic mass is 16.5. The molecule has 4 heterocycles. The molecule has 0 aromatic carbocycles. The number of piperazine rings is 1. The number of aromatic nitrogens is 3. The average Bonchev–Trinajstić information content (AvgIpc) is 2.76. The maximum atomic E-state index is 13.1. The van der Waals surface area contributed by atoms with E-state index in [4.69, 9.17) is 10.5 Å². The molecule has 0 amide bonds. The summed E-state index contributed by atoms with van der Waals surface area (Å²) in [5.41, 5.74) is 8.13. The zero-order valence-electron chi connectivity index (χ0n) is 16.8. The van der Waals surface area contributed by atoms with E-state index in [1.807, 2.05) is 6.07 Å². The second-order valence-corrected chi connectivity index (χ2v) is 7.46. The highest BCUT2D eigenvalue weighted by Crippen LogP contribution is 2.23. The van der Waals surface area contributed by atoms with Crippen molar-refractivity contribution >= 4 is 23.1 Å². The lowest BCUT2D eigenvalue weighted by molar-refractivity contribution is 0.0988. The number of hydrogen-bond acceptors (Lipinski definition) is 9. The first-order chi connectivity index (χ1) is 14.1. The molecule has 2 aliphatic rings. The van der Waals surface area contributed by atoms with E-state index in [1.165, 1.54) is 0 Å². The number of ketones is 1. The van der Waals surface area contributed by atoms with Gasteiger partial charge < -0.3 is 25.2 Å². The van der Waals surface area contributed by atoms with Crippen LogP contribution in [0.4, 0.5) is 17.3 Å². The Labute approximate surface area is 170 Å². The molecule has 154 valence electrons. The van der Waals surface area contributed by atoms with Crippen molar-refractivity contribution in [1.82, 2.24) is 19.9 Å². The van der Waals surface area contributed by atoms with Gasteiger partial charge in [-0.2, -0.15) is 0 Å². The van der Waals surface area contributed by atoms with E-state index in [1.54, 1.807) is 18.6 Å². The predicted molar refractivity (Wildman–Crippen MR) is 111 cm³/mol. The molecule has 0 aliphatic carbocycles. The van der Waals surface area contributed by atoms with Gasteiger partial charge in [-0.15, -0.1) is 0 Å². The van der Waals surface area contributed by atoms with Crippen molar-refractivity contribution in [3.05, 3.63) is 35.9 Å². The van der Waals surface area contributed by atoms with E-state index < -0.39 is 0 Å². The summed E-state index contributed by atoms with van der Waals surface area (Å²) in [6.45, 7) is 6.57. The van der Waals surface area contributed by atoms with Crippen LogP contribution in [0.5, 0.6) is 0 Å². The summed E-state index contributed by atoms with van der Waals surface area (Å²) in [5, 5.41) is 0. The molecular formula is C20H27N7O2. The number of likely N-dealkylation sites (N-methyl/N-ethyl adjacent to an activating group) is 1. The summed E-state index contributed by atoms with van der Waals surface area (Å²) in [6, 6.07) is 1.95. The summed E-state index contributed by atoms with van der Waals surface area (Å²) in [4.78, 5) is 32.8. The molecule has 0 radical (unpaired) electrons. The number of morpholine rings is 1. The fourth-order valence-corrected chi connectivity index (χ4v) is 3.71. The van der Waals surface area contributed by atoms with Crippen molar-refractivity contribution in [2.24, 2.45) is 0 Å². The van der Waals surface area contributed by atoms with Gasteiger partial charge in [0.25, 0.3) is 0 Å². The first-order valence-electron chi connectivity index (χ1n) is 9.96. The number of rotatable bonds is 5. The molecule has 2 aliphatic heterocycles. The van der Waals surface area contributed by atoms with Crippen LogP contribution >= 0.6 is 0 Å². The Morgan fingerprint density at radius 3 is 2.62 bits per heavy atom. The minimum absolute atomic E-state index is 0.145. The minimum Gasteiger partial charge on any atom is -0.382 e. The van der Waals surface area contributed by atoms with Gasteiger partial charge in [-0.1, -0.05) is 0 Å². The summed E-state index contributed by atoms with van der Waals surface area (Å²) in [5.74, 6) is 0.730. The summed E-state index contributed by atoms with van der Waals surface area (Å²) >= 11 is 0. The molecule has 0 unspecified atom stereocenters. The third-order valence-electron chi connectivity index (χ3n) is 5.46. The normalized spacial score (nSPS) is 18.1. The van der Waals surface area contributed by atoms with Gasteiger partial charge in [-0.05, 0) is 13.1 Å². The number of nitrogen functional groups attached to an aromatic ring is 1. The summed E-state index contributed by atoms with van der Waals surface area (Å²) in [6.07, 6.45) is 5.34. The van der Waals surface area contributed by atoms with Gasteiger partial charge in [0.1, 0.15) is 5.82 Å². The van der Waals surface area contributed by atoms with Crippen LogP contribution in [0.25, 0.3) is 0 Å². The number of ether oxygens (including phenoxy) is 1. The van der Waals surface area contributed by atoms with Gasteiger partial charge in [-0.25, -0.2) is 9.97 Å². The first kappa shape index (κ1) is 19.5. The van der Waals surface area contributed by atoms with E-state index in [2.05, 4.69) is 36.7 Å². The zero-order chi connectivity index (χ0) is 20.2. The first-order valence-corrected chi connectivity index (χ1v) is 9.96. The standard InChI is InChI=1S/C20H27N7O2/c1-25-4-6-27(7-5-25)18-14-23-20(21)19(24-18)17(28)12-15-13-22-3-2-16(15)26-8-10-29-11-9-26/h2-3,13-14H,4-12H2,1H3,(H2,21,23). The second kappa shape index (κ2) is 8.71. The highest BCUT2D eigenvalue weighted by Gasteiger charge is 2.22. The van der Waals surface area contributed by atoms with Gasteiger partial charge in [-0.3, -0.25) is 9.78 Å². The molecule has 29 heavy (non-hydrogen) atoms. The van der Waals surface area contributed by atoms with Gasteiger partial charge in [0.2, 0.25) is 0 Å². The molecular weight excluding hydrogens is 370 g/mol. The lowest BCUT2D eigenvalue weighted by atomic mass is 10.1. The fraction of sp³-hybridized carbons (Fsp3) is 0.500. The lowest BCUT2D eigenvalue weighted by Gasteiger charge is -2.33. The third kappa shape index (κ3) is 4.46. The number of hydrogen-bond donors (Lipinski definition) is 1. The molecule has 0 saturated carbocycles. The number of nitrogens with two attached hydrogens (primary N) is 1. The molecule has 4 rings (SSSR count).